The molecule has 3 heterocycles. The second-order valence-corrected chi connectivity index (χ2v) is 4.61. The molecule has 3 aromatic rings. The first-order chi connectivity index (χ1) is 8.90. The summed E-state index contributed by atoms with van der Waals surface area (Å²) in [6.45, 7) is 0. The summed E-state index contributed by atoms with van der Waals surface area (Å²) in [6, 6.07) is 2.14. The Morgan fingerprint density at radius 3 is 2.94 bits per heavy atom. The summed E-state index contributed by atoms with van der Waals surface area (Å²) in [5.74, 6) is 1.37. The average molecular weight is 237 g/mol. The van der Waals surface area contributed by atoms with Gasteiger partial charge < -0.3 is 4.98 Å². The highest BCUT2D eigenvalue weighted by molar-refractivity contribution is 5.71. The standard InChI is InChI=1S/C13H11N5/c1-2-8(1)9-3-10(5-14-4-9)12-15-6-11-13(18-12)17-7-16-11/h3-8H,1-2H2,(H,15,16,17,18). The third-order valence-corrected chi connectivity index (χ3v) is 3.24. The lowest BCUT2D eigenvalue weighted by Gasteiger charge is -2.02. The van der Waals surface area contributed by atoms with Crippen molar-refractivity contribution in [1.82, 2.24) is 24.9 Å². The van der Waals surface area contributed by atoms with Crippen LogP contribution in [0.3, 0.4) is 0 Å². The number of aromatic amines is 1. The molecule has 0 amide bonds. The maximum atomic E-state index is 4.43. The third kappa shape index (κ3) is 1.55. The number of aromatic nitrogens is 5. The zero-order valence-corrected chi connectivity index (χ0v) is 9.67. The van der Waals surface area contributed by atoms with Gasteiger partial charge in [0.1, 0.15) is 5.52 Å². The van der Waals surface area contributed by atoms with Gasteiger partial charge in [0.15, 0.2) is 11.5 Å². The molecular formula is C13H11N5. The lowest BCUT2D eigenvalue weighted by atomic mass is 10.1. The van der Waals surface area contributed by atoms with Gasteiger partial charge in [0.25, 0.3) is 0 Å². The third-order valence-electron chi connectivity index (χ3n) is 3.24. The highest BCUT2D eigenvalue weighted by Gasteiger charge is 2.24. The van der Waals surface area contributed by atoms with Gasteiger partial charge in [-0.3, -0.25) is 4.98 Å². The van der Waals surface area contributed by atoms with E-state index in [2.05, 4.69) is 31.0 Å². The molecule has 1 fully saturated rings. The van der Waals surface area contributed by atoms with Crippen LogP contribution in [0.15, 0.2) is 31.0 Å². The molecule has 0 aliphatic heterocycles. The Kier molecular flexibility index (Phi) is 1.94. The van der Waals surface area contributed by atoms with E-state index in [0.29, 0.717) is 17.4 Å². The molecule has 1 N–H and O–H groups in total. The number of H-pyrrole nitrogens is 1. The van der Waals surface area contributed by atoms with Crippen LogP contribution < -0.4 is 0 Å². The highest BCUT2D eigenvalue weighted by Crippen LogP contribution is 2.40. The monoisotopic (exact) mass is 237 g/mol. The van der Waals surface area contributed by atoms with E-state index in [1.165, 1.54) is 18.4 Å². The van der Waals surface area contributed by atoms with Crippen molar-refractivity contribution in [1.29, 1.82) is 0 Å². The fourth-order valence-electron chi connectivity index (χ4n) is 2.10. The van der Waals surface area contributed by atoms with E-state index in [1.54, 1.807) is 18.7 Å². The van der Waals surface area contributed by atoms with Crippen molar-refractivity contribution in [2.45, 2.75) is 18.8 Å². The Bertz CT molecular complexity index is 714. The zero-order valence-electron chi connectivity index (χ0n) is 9.67. The van der Waals surface area contributed by atoms with Crippen molar-refractivity contribution in [2.75, 3.05) is 0 Å². The fraction of sp³-hybridized carbons (Fsp3) is 0.231. The molecule has 0 saturated heterocycles. The normalized spacial score (nSPS) is 15.1. The number of nitrogens with one attached hydrogen (secondary N) is 1. The van der Waals surface area contributed by atoms with Crippen LogP contribution >= 0.6 is 0 Å². The first kappa shape index (κ1) is 9.70. The molecule has 5 heteroatoms. The summed E-state index contributed by atoms with van der Waals surface area (Å²) in [4.78, 5) is 20.2. The summed E-state index contributed by atoms with van der Waals surface area (Å²) < 4.78 is 0. The topological polar surface area (TPSA) is 67.3 Å². The largest absolute Gasteiger partial charge is 0.342 e. The average Bonchev–Trinajstić information content (AvgIpc) is 3.17. The number of fused-ring (bicyclic) bond motifs is 1. The zero-order chi connectivity index (χ0) is 11.9. The molecule has 0 unspecified atom stereocenters. The molecule has 0 aromatic carbocycles. The molecular weight excluding hydrogens is 226 g/mol. The predicted octanol–water partition coefficient (Wildman–Crippen LogP) is 2.29. The minimum Gasteiger partial charge on any atom is -0.342 e. The summed E-state index contributed by atoms with van der Waals surface area (Å²) in [5.41, 5.74) is 3.80. The molecule has 0 spiro atoms. The number of imidazole rings is 1. The molecule has 18 heavy (non-hydrogen) atoms. The molecule has 1 aliphatic rings. The second kappa shape index (κ2) is 3.60. The molecule has 3 aromatic heterocycles. The van der Waals surface area contributed by atoms with Gasteiger partial charge in [0.2, 0.25) is 0 Å². The van der Waals surface area contributed by atoms with Crippen molar-refractivity contribution in [3.8, 4) is 11.4 Å². The summed E-state index contributed by atoms with van der Waals surface area (Å²) in [6.07, 6.45) is 9.67. The van der Waals surface area contributed by atoms with Crippen LogP contribution in [-0.4, -0.2) is 24.9 Å². The summed E-state index contributed by atoms with van der Waals surface area (Å²) in [7, 11) is 0. The second-order valence-electron chi connectivity index (χ2n) is 4.61. The number of hydrogen-bond donors (Lipinski definition) is 1. The Morgan fingerprint density at radius 1 is 1.11 bits per heavy atom. The van der Waals surface area contributed by atoms with E-state index in [-0.39, 0.29) is 0 Å². The van der Waals surface area contributed by atoms with Crippen molar-refractivity contribution < 1.29 is 0 Å². The van der Waals surface area contributed by atoms with Crippen molar-refractivity contribution in [2.24, 2.45) is 0 Å². The molecule has 0 atom stereocenters. The SMILES string of the molecule is c1nc2nc(-c3cncc(C4CC4)c3)ncc2[nH]1. The Balaban J connectivity index is 1.82. The van der Waals surface area contributed by atoms with Gasteiger partial charge in [-0.25, -0.2) is 15.0 Å². The number of nitrogens with zero attached hydrogens (tertiary/aromatic N) is 4. The molecule has 0 bridgehead atoms. The van der Waals surface area contributed by atoms with E-state index in [4.69, 9.17) is 0 Å². The minimum absolute atomic E-state index is 0.685. The predicted molar refractivity (Wildman–Crippen MR) is 66.9 cm³/mol. The van der Waals surface area contributed by atoms with E-state index >= 15 is 0 Å². The van der Waals surface area contributed by atoms with Crippen molar-refractivity contribution >= 4 is 11.2 Å². The quantitative estimate of drug-likeness (QED) is 0.742. The lowest BCUT2D eigenvalue weighted by molar-refractivity contribution is 1.09. The summed E-state index contributed by atoms with van der Waals surface area (Å²) in [5, 5.41) is 0. The van der Waals surface area contributed by atoms with Crippen LogP contribution in [0.25, 0.3) is 22.6 Å². The first-order valence-corrected chi connectivity index (χ1v) is 6.01. The molecule has 1 saturated carbocycles. The first-order valence-electron chi connectivity index (χ1n) is 6.01. The van der Waals surface area contributed by atoms with Gasteiger partial charge in [-0.2, -0.15) is 0 Å². The Labute approximate surface area is 103 Å². The van der Waals surface area contributed by atoms with Crippen molar-refractivity contribution in [3.63, 3.8) is 0 Å². The van der Waals surface area contributed by atoms with E-state index in [0.717, 1.165) is 11.1 Å². The fourth-order valence-corrected chi connectivity index (χ4v) is 2.10. The Morgan fingerprint density at radius 2 is 2.06 bits per heavy atom. The van der Waals surface area contributed by atoms with Gasteiger partial charge in [0, 0.05) is 18.0 Å². The molecule has 4 rings (SSSR count). The van der Waals surface area contributed by atoms with Gasteiger partial charge in [-0.15, -0.1) is 0 Å². The van der Waals surface area contributed by atoms with E-state index in [9.17, 15) is 0 Å². The van der Waals surface area contributed by atoms with Gasteiger partial charge in [-0.1, -0.05) is 0 Å². The van der Waals surface area contributed by atoms with Crippen LogP contribution in [0.5, 0.6) is 0 Å². The minimum atomic E-state index is 0.685. The van der Waals surface area contributed by atoms with E-state index in [1.807, 2.05) is 6.20 Å². The Hall–Kier alpha value is -2.30. The maximum Gasteiger partial charge on any atom is 0.181 e. The van der Waals surface area contributed by atoms with Crippen LogP contribution in [0, 0.1) is 0 Å². The lowest BCUT2D eigenvalue weighted by Crippen LogP contribution is -1.92. The smallest absolute Gasteiger partial charge is 0.181 e. The molecule has 88 valence electrons. The van der Waals surface area contributed by atoms with Crippen molar-refractivity contribution in [3.05, 3.63) is 36.5 Å². The van der Waals surface area contributed by atoms with Crippen LogP contribution in [0.1, 0.15) is 24.3 Å². The molecule has 0 radical (unpaired) electrons. The molecule has 5 nitrogen and oxygen atoms in total. The van der Waals surface area contributed by atoms with Crippen LogP contribution in [-0.2, 0) is 0 Å². The maximum absolute atomic E-state index is 4.43. The molecule has 1 aliphatic carbocycles. The van der Waals surface area contributed by atoms with Crippen LogP contribution in [0.2, 0.25) is 0 Å². The number of hydrogen-bond acceptors (Lipinski definition) is 4. The van der Waals surface area contributed by atoms with Gasteiger partial charge in [-0.05, 0) is 30.4 Å². The van der Waals surface area contributed by atoms with E-state index < -0.39 is 0 Å². The van der Waals surface area contributed by atoms with Crippen LogP contribution in [0.4, 0.5) is 0 Å². The highest BCUT2D eigenvalue weighted by atomic mass is 15.0. The number of rotatable bonds is 2. The van der Waals surface area contributed by atoms with Gasteiger partial charge in [0.05, 0.1) is 12.5 Å². The summed E-state index contributed by atoms with van der Waals surface area (Å²) >= 11 is 0. The number of pyridine rings is 1. The van der Waals surface area contributed by atoms with Gasteiger partial charge >= 0.3 is 0 Å².